The third-order valence-corrected chi connectivity index (χ3v) is 4.79. The molecule has 0 aromatic carbocycles. The Morgan fingerprint density at radius 3 is 2.42 bits per heavy atom. The fourth-order valence-electron chi connectivity index (χ4n) is 3.29. The van der Waals surface area contributed by atoms with Gasteiger partial charge in [-0.25, -0.2) is 4.79 Å². The van der Waals surface area contributed by atoms with Gasteiger partial charge in [0.25, 0.3) is 0 Å². The second kappa shape index (κ2) is 4.62. The van der Waals surface area contributed by atoms with Gasteiger partial charge in [-0.3, -0.25) is 19.8 Å². The molecule has 2 saturated carbocycles. The first-order valence-electron chi connectivity index (χ1n) is 7.31. The molecule has 0 radical (unpaired) electrons. The van der Waals surface area contributed by atoms with Crippen molar-refractivity contribution in [3.63, 3.8) is 0 Å². The van der Waals surface area contributed by atoms with Crippen molar-refractivity contribution in [1.82, 2.24) is 10.2 Å². The summed E-state index contributed by atoms with van der Waals surface area (Å²) >= 11 is 0. The third-order valence-electron chi connectivity index (χ3n) is 4.79. The molecule has 0 aromatic rings. The van der Waals surface area contributed by atoms with Crippen LogP contribution in [-0.2, 0) is 9.59 Å². The Hall–Kier alpha value is -1.39. The maximum atomic E-state index is 12.2. The molecule has 1 heterocycles. The van der Waals surface area contributed by atoms with Gasteiger partial charge in [0.05, 0.1) is 0 Å². The van der Waals surface area contributed by atoms with Gasteiger partial charge in [0, 0.05) is 6.54 Å². The molecule has 104 valence electrons. The van der Waals surface area contributed by atoms with Crippen LogP contribution >= 0.6 is 0 Å². The van der Waals surface area contributed by atoms with Crippen LogP contribution in [0.1, 0.15) is 51.4 Å². The molecule has 0 unspecified atom stereocenters. The van der Waals surface area contributed by atoms with Gasteiger partial charge in [-0.05, 0) is 25.2 Å². The number of hydrogen-bond donors (Lipinski definition) is 1. The predicted octanol–water partition coefficient (Wildman–Crippen LogP) is 1.82. The van der Waals surface area contributed by atoms with Gasteiger partial charge < -0.3 is 0 Å². The fourth-order valence-corrected chi connectivity index (χ4v) is 3.29. The maximum Gasteiger partial charge on any atom is 0.330 e. The molecule has 1 N–H and O–H groups in total. The summed E-state index contributed by atoms with van der Waals surface area (Å²) in [4.78, 5) is 37.0. The van der Waals surface area contributed by atoms with Crippen molar-refractivity contribution >= 4 is 17.8 Å². The normalized spacial score (nSPS) is 26.7. The van der Waals surface area contributed by atoms with Crippen LogP contribution in [0.25, 0.3) is 0 Å². The summed E-state index contributed by atoms with van der Waals surface area (Å²) in [7, 11) is 0. The Kier molecular flexibility index (Phi) is 3.07. The minimum Gasteiger partial charge on any atom is -0.277 e. The molecule has 3 fully saturated rings. The van der Waals surface area contributed by atoms with E-state index in [2.05, 4.69) is 5.32 Å². The molecule has 5 nitrogen and oxygen atoms in total. The lowest BCUT2D eigenvalue weighted by Crippen LogP contribution is -2.59. The quantitative estimate of drug-likeness (QED) is 0.791. The Morgan fingerprint density at radius 2 is 1.79 bits per heavy atom. The van der Waals surface area contributed by atoms with Crippen molar-refractivity contribution in [3.8, 4) is 0 Å². The lowest BCUT2D eigenvalue weighted by molar-refractivity contribution is -0.144. The Morgan fingerprint density at radius 1 is 1.11 bits per heavy atom. The molecule has 2 aliphatic carbocycles. The smallest absolute Gasteiger partial charge is 0.277 e. The van der Waals surface area contributed by atoms with Crippen LogP contribution in [0.3, 0.4) is 0 Å². The lowest BCUT2D eigenvalue weighted by atomic mass is 9.87. The second-order valence-electron chi connectivity index (χ2n) is 6.09. The van der Waals surface area contributed by atoms with E-state index >= 15 is 0 Å². The first-order chi connectivity index (χ1) is 9.13. The Labute approximate surface area is 112 Å². The number of rotatable bonds is 3. The van der Waals surface area contributed by atoms with Crippen LogP contribution in [0.15, 0.2) is 0 Å². The summed E-state index contributed by atoms with van der Waals surface area (Å²) in [5.74, 6) is -0.0318. The average Bonchev–Trinajstić information content (AvgIpc) is 3.20. The number of urea groups is 1. The molecular weight excluding hydrogens is 244 g/mol. The van der Waals surface area contributed by atoms with Crippen LogP contribution < -0.4 is 5.32 Å². The Balaban J connectivity index is 1.61. The lowest BCUT2D eigenvalue weighted by Gasteiger charge is -2.31. The summed E-state index contributed by atoms with van der Waals surface area (Å²) in [6, 6.07) is -0.525. The summed E-state index contributed by atoms with van der Waals surface area (Å²) in [5.41, 5.74) is -0.888. The topological polar surface area (TPSA) is 66.5 Å². The fraction of sp³-hybridized carbons (Fsp3) is 0.786. The number of imide groups is 2. The van der Waals surface area contributed by atoms with E-state index in [0.717, 1.165) is 6.42 Å². The number of barbiturate groups is 1. The van der Waals surface area contributed by atoms with E-state index in [1.54, 1.807) is 0 Å². The zero-order valence-electron chi connectivity index (χ0n) is 11.1. The van der Waals surface area contributed by atoms with Gasteiger partial charge in [0.1, 0.15) is 5.41 Å². The Bertz CT molecular complexity index is 422. The van der Waals surface area contributed by atoms with Crippen molar-refractivity contribution in [3.05, 3.63) is 0 Å². The highest BCUT2D eigenvalue weighted by molar-refractivity contribution is 6.20. The largest absolute Gasteiger partial charge is 0.330 e. The molecule has 0 aromatic heterocycles. The molecular formula is C14H20N2O3. The summed E-state index contributed by atoms with van der Waals surface area (Å²) in [6.45, 7) is 0.463. The van der Waals surface area contributed by atoms with Crippen molar-refractivity contribution in [2.24, 2.45) is 11.3 Å². The zero-order valence-corrected chi connectivity index (χ0v) is 11.1. The van der Waals surface area contributed by atoms with Gasteiger partial charge in [-0.1, -0.05) is 32.1 Å². The number of nitrogens with one attached hydrogen (secondary N) is 1. The highest BCUT2D eigenvalue weighted by Gasteiger charge is 2.62. The molecule has 19 heavy (non-hydrogen) atoms. The van der Waals surface area contributed by atoms with Gasteiger partial charge in [-0.2, -0.15) is 0 Å². The van der Waals surface area contributed by atoms with E-state index < -0.39 is 17.4 Å². The van der Waals surface area contributed by atoms with E-state index in [4.69, 9.17) is 0 Å². The summed E-state index contributed by atoms with van der Waals surface area (Å²) < 4.78 is 0. The molecule has 3 aliphatic rings. The van der Waals surface area contributed by atoms with Gasteiger partial charge in [0.2, 0.25) is 11.8 Å². The molecule has 4 amide bonds. The van der Waals surface area contributed by atoms with Crippen LogP contribution in [0, 0.1) is 11.3 Å². The van der Waals surface area contributed by atoms with Crippen molar-refractivity contribution in [2.75, 3.05) is 6.54 Å². The molecule has 0 atom stereocenters. The minimum absolute atomic E-state index is 0.267. The second-order valence-corrected chi connectivity index (χ2v) is 6.09. The number of carbonyl (C=O) groups excluding carboxylic acids is 3. The van der Waals surface area contributed by atoms with E-state index in [0.29, 0.717) is 25.3 Å². The van der Waals surface area contributed by atoms with Crippen molar-refractivity contribution in [2.45, 2.75) is 51.4 Å². The highest BCUT2D eigenvalue weighted by Crippen LogP contribution is 2.49. The van der Waals surface area contributed by atoms with Gasteiger partial charge in [0.15, 0.2) is 0 Å². The molecule has 1 aliphatic heterocycles. The van der Waals surface area contributed by atoms with Crippen molar-refractivity contribution in [1.29, 1.82) is 0 Å². The maximum absolute atomic E-state index is 12.2. The molecule has 5 heteroatoms. The summed E-state index contributed by atoms with van der Waals surface area (Å²) in [5, 5.41) is 2.33. The average molecular weight is 264 g/mol. The van der Waals surface area contributed by atoms with Crippen LogP contribution in [0.2, 0.25) is 0 Å². The first kappa shape index (κ1) is 12.6. The van der Waals surface area contributed by atoms with Gasteiger partial charge >= 0.3 is 6.03 Å². The number of amides is 4. The highest BCUT2D eigenvalue weighted by atomic mass is 16.2. The molecule has 3 rings (SSSR count). The first-order valence-corrected chi connectivity index (χ1v) is 7.31. The van der Waals surface area contributed by atoms with Crippen LogP contribution in [-0.4, -0.2) is 29.3 Å². The third kappa shape index (κ3) is 2.15. The molecule has 1 saturated heterocycles. The van der Waals surface area contributed by atoms with Crippen molar-refractivity contribution < 1.29 is 14.4 Å². The summed E-state index contributed by atoms with van der Waals surface area (Å²) in [6.07, 6.45) is 8.28. The molecule has 1 spiro atoms. The van der Waals surface area contributed by atoms with E-state index in [1.807, 2.05) is 0 Å². The SMILES string of the molecule is O=C1NC(=O)C2(CC2)C(=O)N1CCC1CCCCC1. The number of nitrogens with zero attached hydrogens (tertiary/aromatic N) is 1. The standard InChI is InChI=1S/C14H20N2O3/c17-11-14(7-8-14)12(18)16(13(19)15-11)9-6-10-4-2-1-3-5-10/h10H,1-9H2,(H,15,17,19). The van der Waals surface area contributed by atoms with Gasteiger partial charge in [-0.15, -0.1) is 0 Å². The minimum atomic E-state index is -0.888. The van der Waals surface area contributed by atoms with Crippen LogP contribution in [0.5, 0.6) is 0 Å². The van der Waals surface area contributed by atoms with Crippen LogP contribution in [0.4, 0.5) is 4.79 Å². The zero-order chi connectivity index (χ0) is 13.5. The van der Waals surface area contributed by atoms with E-state index in [1.165, 1.54) is 37.0 Å². The predicted molar refractivity (Wildman–Crippen MR) is 68.1 cm³/mol. The van der Waals surface area contributed by atoms with E-state index in [9.17, 15) is 14.4 Å². The monoisotopic (exact) mass is 264 g/mol. The molecule has 0 bridgehead atoms. The number of hydrogen-bond acceptors (Lipinski definition) is 3. The number of carbonyl (C=O) groups is 3. The van der Waals surface area contributed by atoms with E-state index in [-0.39, 0.29) is 5.91 Å².